The summed E-state index contributed by atoms with van der Waals surface area (Å²) in [6.45, 7) is 0. The lowest BCUT2D eigenvalue weighted by atomic mass is 10.1. The molecule has 9 nitrogen and oxygen atoms in total. The third-order valence-electron chi connectivity index (χ3n) is 2.45. The van der Waals surface area contributed by atoms with Crippen molar-refractivity contribution in [3.8, 4) is 17.1 Å². The molecule has 5 N–H and O–H groups in total. The molecule has 2 aromatic rings. The van der Waals surface area contributed by atoms with E-state index in [1.54, 1.807) is 19.2 Å². The molecule has 0 aliphatic heterocycles. The number of hydrogen-bond donors (Lipinski definition) is 4. The van der Waals surface area contributed by atoms with E-state index in [0.29, 0.717) is 17.8 Å². The normalized spacial score (nSPS) is 10.3. The van der Waals surface area contributed by atoms with Crippen LogP contribution in [-0.2, 0) is 10.1 Å². The third-order valence-corrected chi connectivity index (χ3v) is 2.45. The lowest BCUT2D eigenvalue weighted by molar-refractivity contribution is 0.0950. The smallest absolute Gasteiger partial charge is 0.293 e. The van der Waals surface area contributed by atoms with Crippen molar-refractivity contribution in [2.45, 2.75) is 0 Å². The van der Waals surface area contributed by atoms with E-state index in [1.807, 2.05) is 18.2 Å². The fourth-order valence-electron chi connectivity index (χ4n) is 1.64. The van der Waals surface area contributed by atoms with Gasteiger partial charge in [-0.3, -0.25) is 20.1 Å². The maximum Gasteiger partial charge on any atom is 0.293 e. The second kappa shape index (κ2) is 8.13. The van der Waals surface area contributed by atoms with Crippen molar-refractivity contribution in [1.29, 1.82) is 5.41 Å². The van der Waals surface area contributed by atoms with Gasteiger partial charge in [-0.2, -0.15) is 8.42 Å². The standard InChI is InChI=1S/C13H13N3O3.CH4O3S/c1-18-9-5-3-2-4-8(9)10-6-7-11(19-10)12(17)16-13(14)15;1-5(2,3)4/h2-7H,1H3,(H4,14,15,16,17);1H3,(H,2,3,4). The lowest BCUT2D eigenvalue weighted by Crippen LogP contribution is -2.35. The molecule has 0 saturated carbocycles. The summed E-state index contributed by atoms with van der Waals surface area (Å²) < 4.78 is 36.5. The Morgan fingerprint density at radius 3 is 2.42 bits per heavy atom. The summed E-state index contributed by atoms with van der Waals surface area (Å²) in [5, 5.41) is 9.14. The van der Waals surface area contributed by atoms with Crippen molar-refractivity contribution in [2.24, 2.45) is 5.73 Å². The van der Waals surface area contributed by atoms with Crippen LogP contribution >= 0.6 is 0 Å². The first-order valence-electron chi connectivity index (χ1n) is 6.43. The third kappa shape index (κ3) is 6.50. The molecule has 2 rings (SSSR count). The van der Waals surface area contributed by atoms with E-state index in [9.17, 15) is 13.2 Å². The molecule has 1 aromatic heterocycles. The number of benzene rings is 1. The van der Waals surface area contributed by atoms with Gasteiger partial charge in [-0.1, -0.05) is 12.1 Å². The number of hydrogen-bond acceptors (Lipinski definition) is 6. The quantitative estimate of drug-likeness (QED) is 0.364. The molecule has 130 valence electrons. The number of methoxy groups -OCH3 is 1. The van der Waals surface area contributed by atoms with Gasteiger partial charge in [0.25, 0.3) is 16.0 Å². The van der Waals surface area contributed by atoms with Crippen LogP contribution in [0.2, 0.25) is 0 Å². The largest absolute Gasteiger partial charge is 0.496 e. The van der Waals surface area contributed by atoms with Gasteiger partial charge in [0, 0.05) is 0 Å². The Balaban J connectivity index is 0.000000505. The Labute approximate surface area is 138 Å². The van der Waals surface area contributed by atoms with Gasteiger partial charge in [-0.15, -0.1) is 0 Å². The second-order valence-electron chi connectivity index (χ2n) is 4.46. The highest BCUT2D eigenvalue weighted by Crippen LogP contribution is 2.30. The van der Waals surface area contributed by atoms with Gasteiger partial charge < -0.3 is 14.9 Å². The number of para-hydroxylation sites is 1. The number of guanidine groups is 1. The van der Waals surface area contributed by atoms with Gasteiger partial charge in [0.15, 0.2) is 11.7 Å². The minimum Gasteiger partial charge on any atom is -0.496 e. The first kappa shape index (κ1) is 19.2. The minimum atomic E-state index is -3.67. The highest BCUT2D eigenvalue weighted by atomic mass is 32.2. The predicted molar refractivity (Wildman–Crippen MR) is 87.5 cm³/mol. The molecule has 0 saturated heterocycles. The molecular weight excluding hydrogens is 338 g/mol. The van der Waals surface area contributed by atoms with Crippen LogP contribution in [0.15, 0.2) is 40.8 Å². The van der Waals surface area contributed by atoms with Crippen molar-refractivity contribution in [2.75, 3.05) is 13.4 Å². The minimum absolute atomic E-state index is 0.0797. The van der Waals surface area contributed by atoms with Crippen molar-refractivity contribution in [3.63, 3.8) is 0 Å². The number of nitrogens with one attached hydrogen (secondary N) is 2. The van der Waals surface area contributed by atoms with Crippen molar-refractivity contribution in [3.05, 3.63) is 42.2 Å². The van der Waals surface area contributed by atoms with Crippen LogP contribution in [0, 0.1) is 5.41 Å². The fraction of sp³-hybridized carbons (Fsp3) is 0.143. The van der Waals surface area contributed by atoms with E-state index < -0.39 is 22.0 Å². The highest BCUT2D eigenvalue weighted by Gasteiger charge is 2.14. The summed E-state index contributed by atoms with van der Waals surface area (Å²) >= 11 is 0. The molecule has 0 bridgehead atoms. The van der Waals surface area contributed by atoms with Crippen LogP contribution in [0.1, 0.15) is 10.6 Å². The van der Waals surface area contributed by atoms with E-state index in [1.165, 1.54) is 6.07 Å². The van der Waals surface area contributed by atoms with Gasteiger partial charge in [0.1, 0.15) is 11.5 Å². The summed E-state index contributed by atoms with van der Waals surface area (Å²) in [5.41, 5.74) is 5.83. The van der Waals surface area contributed by atoms with E-state index in [0.717, 1.165) is 5.56 Å². The molecule has 0 aliphatic carbocycles. The van der Waals surface area contributed by atoms with Gasteiger partial charge in [-0.05, 0) is 24.3 Å². The molecule has 0 unspecified atom stereocenters. The second-order valence-corrected chi connectivity index (χ2v) is 5.93. The molecular formula is C14H17N3O6S. The molecule has 1 aromatic carbocycles. The Morgan fingerprint density at radius 1 is 1.29 bits per heavy atom. The topological polar surface area (TPSA) is 156 Å². The van der Waals surface area contributed by atoms with Crippen LogP contribution in [-0.4, -0.2) is 38.2 Å². The van der Waals surface area contributed by atoms with Crippen LogP contribution in [0.25, 0.3) is 11.3 Å². The Hall–Kier alpha value is -2.85. The summed E-state index contributed by atoms with van der Waals surface area (Å²) in [7, 11) is -2.11. The zero-order valence-electron chi connectivity index (χ0n) is 12.9. The van der Waals surface area contributed by atoms with Crippen LogP contribution in [0.3, 0.4) is 0 Å². The zero-order chi connectivity index (χ0) is 18.3. The van der Waals surface area contributed by atoms with Gasteiger partial charge >= 0.3 is 0 Å². The SMILES string of the molecule is COc1ccccc1-c1ccc(C(=O)NC(=N)N)o1.CS(=O)(=O)O. The zero-order valence-corrected chi connectivity index (χ0v) is 13.8. The average molecular weight is 355 g/mol. The van der Waals surface area contributed by atoms with E-state index in [-0.39, 0.29) is 5.76 Å². The first-order valence-corrected chi connectivity index (χ1v) is 8.27. The van der Waals surface area contributed by atoms with Gasteiger partial charge in [0.05, 0.1) is 18.9 Å². The number of carbonyl (C=O) groups excluding carboxylic acids is 1. The van der Waals surface area contributed by atoms with E-state index in [2.05, 4.69) is 5.32 Å². The summed E-state index contributed by atoms with van der Waals surface area (Å²) in [5.74, 6) is 0.242. The molecule has 0 fully saturated rings. The van der Waals surface area contributed by atoms with Crippen molar-refractivity contribution < 1.29 is 26.9 Å². The van der Waals surface area contributed by atoms with Gasteiger partial charge in [-0.25, -0.2) is 0 Å². The molecule has 0 spiro atoms. The summed E-state index contributed by atoms with van der Waals surface area (Å²) in [6, 6.07) is 10.5. The number of ether oxygens (including phenoxy) is 1. The highest BCUT2D eigenvalue weighted by molar-refractivity contribution is 7.85. The molecule has 0 aliphatic rings. The Morgan fingerprint density at radius 2 is 1.88 bits per heavy atom. The number of nitrogens with two attached hydrogens (primary N) is 1. The number of carbonyl (C=O) groups is 1. The molecule has 1 heterocycles. The fourth-order valence-corrected chi connectivity index (χ4v) is 1.64. The Bertz CT molecular complexity index is 821. The molecule has 10 heteroatoms. The molecule has 0 radical (unpaired) electrons. The predicted octanol–water partition coefficient (Wildman–Crippen LogP) is 1.08. The van der Waals surface area contributed by atoms with Crippen molar-refractivity contribution in [1.82, 2.24) is 5.32 Å². The van der Waals surface area contributed by atoms with Crippen LogP contribution in [0.5, 0.6) is 5.75 Å². The monoisotopic (exact) mass is 355 g/mol. The number of amides is 1. The van der Waals surface area contributed by atoms with Crippen LogP contribution in [0.4, 0.5) is 0 Å². The summed E-state index contributed by atoms with van der Waals surface area (Å²) in [6.07, 6.45) is 0.715. The van der Waals surface area contributed by atoms with Gasteiger partial charge in [0.2, 0.25) is 0 Å². The van der Waals surface area contributed by atoms with Crippen LogP contribution < -0.4 is 15.8 Å². The lowest BCUT2D eigenvalue weighted by Gasteiger charge is -2.05. The molecule has 1 amide bonds. The Kier molecular flexibility index (Phi) is 6.50. The average Bonchev–Trinajstić information content (AvgIpc) is 2.94. The summed E-state index contributed by atoms with van der Waals surface area (Å²) in [4.78, 5) is 11.6. The first-order chi connectivity index (χ1) is 11.1. The number of furan rings is 1. The maximum absolute atomic E-state index is 11.6. The number of rotatable bonds is 3. The van der Waals surface area contributed by atoms with Crippen molar-refractivity contribution >= 4 is 22.0 Å². The maximum atomic E-state index is 11.6. The van der Waals surface area contributed by atoms with E-state index >= 15 is 0 Å². The van der Waals surface area contributed by atoms with E-state index in [4.69, 9.17) is 24.8 Å². The molecule has 24 heavy (non-hydrogen) atoms. The molecule has 0 atom stereocenters.